The average Bonchev–Trinajstić information content (AvgIpc) is 0.811. The van der Waals surface area contributed by atoms with E-state index in [1.54, 1.807) is 0 Å². The molecule has 0 amide bonds. The first-order valence-corrected chi connectivity index (χ1v) is 2.69. The first-order valence-electron chi connectivity index (χ1n) is 0.651. The van der Waals surface area contributed by atoms with Crippen molar-refractivity contribution in [2.75, 3.05) is 0 Å². The minimum Gasteiger partial charge on any atom is 0 e. The van der Waals surface area contributed by atoms with Crippen LogP contribution < -0.4 is 0 Å². The summed E-state index contributed by atoms with van der Waals surface area (Å²) < 4.78 is 23.2. The zero-order chi connectivity index (χ0) is 3.58. The van der Waals surface area contributed by atoms with E-state index in [-0.39, 0.29) is 81.0 Å². The summed E-state index contributed by atoms with van der Waals surface area (Å²) in [4.78, 5) is 0. The van der Waals surface area contributed by atoms with Gasteiger partial charge < -0.3 is 2.85 Å². The van der Waals surface area contributed by atoms with Crippen LogP contribution in [0.2, 0.25) is 0 Å². The molecule has 1 radical (unpaired) electrons. The van der Waals surface area contributed by atoms with Crippen LogP contribution >= 0.6 is 0 Å². The molecule has 0 saturated heterocycles. The maximum absolute atomic E-state index is 8.81. The van der Waals surface area contributed by atoms with Gasteiger partial charge in [-0.15, -0.1) is 0 Å². The first kappa shape index (κ1) is 16.0. The Morgan fingerprint density at radius 1 is 1.50 bits per heavy atom. The second kappa shape index (κ2) is 10.9. The molecule has 0 atom stereocenters. The summed E-state index contributed by atoms with van der Waals surface area (Å²) in [6.45, 7) is 0. The third-order valence-corrected chi connectivity index (χ3v) is 0. The zero-order valence-electron chi connectivity index (χ0n) is 5.09. The van der Waals surface area contributed by atoms with Crippen LogP contribution in [-0.2, 0) is 54.6 Å². The molecule has 0 aromatic carbocycles. The van der Waals surface area contributed by atoms with Crippen LogP contribution in [0.3, 0.4) is 0 Å². The van der Waals surface area contributed by atoms with E-state index in [1.807, 2.05) is 0 Å². The molecular weight excluding hydrogens is 272 g/mol. The van der Waals surface area contributed by atoms with Gasteiger partial charge in [0.1, 0.15) is 0 Å². The Kier molecular flexibility index (Phi) is 29.1. The van der Waals surface area contributed by atoms with Crippen molar-refractivity contribution in [1.82, 2.24) is 0 Å². The van der Waals surface area contributed by atoms with E-state index in [4.69, 9.17) is 10.7 Å². The Morgan fingerprint density at radius 2 is 1.50 bits per heavy atom. The standard InChI is InChI=1S/2H2O.O.Sr.Ti.Y.2H/h2*1H2;;;;;;/q;;;2*+2;;2*-1/p-2. The summed E-state index contributed by atoms with van der Waals surface area (Å²) in [5, 5.41) is 0. The fourth-order valence-electron chi connectivity index (χ4n) is 0. The van der Waals surface area contributed by atoms with Crippen LogP contribution in [0.25, 0.3) is 0 Å². The molecule has 0 saturated carbocycles. The Bertz CT molecular complexity index is 40.3. The Morgan fingerprint density at radius 3 is 1.50 bits per heavy atom. The van der Waals surface area contributed by atoms with Crippen LogP contribution in [0.4, 0.5) is 0 Å². The van der Waals surface area contributed by atoms with Crippen LogP contribution in [0, 0.1) is 0 Å². The van der Waals surface area contributed by atoms with Crippen LogP contribution in [0.1, 0.15) is 2.85 Å². The van der Waals surface area contributed by atoms with E-state index >= 15 is 0 Å². The zero-order valence-corrected chi connectivity index (χ0v) is 11.0. The van der Waals surface area contributed by atoms with Crippen molar-refractivity contribution in [3.63, 3.8) is 0 Å². The van der Waals surface area contributed by atoms with Crippen LogP contribution in [0.5, 0.6) is 0 Å². The number of hydrogen-bond donors (Lipinski definition) is 2. The summed E-state index contributed by atoms with van der Waals surface area (Å²) in [7, 11) is 0. The fraction of sp³-hybridized carbons (Fsp3) is 0. The quantitative estimate of drug-likeness (QED) is 0.536. The monoisotopic (exact) mass is 277 g/mol. The van der Waals surface area contributed by atoms with Crippen LogP contribution in [0.15, 0.2) is 0 Å². The SMILES string of the molecule is [H-].[H-].[O]=[Ti]([OH])[OH].[Sr+2].[Y]. The van der Waals surface area contributed by atoms with Crippen molar-refractivity contribution >= 4 is 45.5 Å². The molecule has 0 fully saturated rings. The summed E-state index contributed by atoms with van der Waals surface area (Å²) in [5.74, 6) is 0. The maximum atomic E-state index is 8.81. The maximum Gasteiger partial charge on any atom is 2.00 e. The Balaban J connectivity index is -0.00000000750. The van der Waals surface area contributed by atoms with Gasteiger partial charge in [-0.2, -0.15) is 0 Å². The van der Waals surface area contributed by atoms with Crippen molar-refractivity contribution < 1.29 is 64.9 Å². The van der Waals surface area contributed by atoms with Gasteiger partial charge in [0.2, 0.25) is 0 Å². The van der Waals surface area contributed by atoms with E-state index in [1.165, 1.54) is 0 Å². The smallest absolute Gasteiger partial charge is 0 e. The molecule has 0 aliphatic rings. The van der Waals surface area contributed by atoms with Gasteiger partial charge in [-0.1, -0.05) is 0 Å². The molecule has 0 spiro atoms. The molecule has 0 unspecified atom stereocenters. The van der Waals surface area contributed by atoms with E-state index < -0.39 is 18.6 Å². The predicted molar refractivity (Wildman–Crippen MR) is 13.1 cm³/mol. The molecule has 0 aliphatic carbocycles. The van der Waals surface area contributed by atoms with Crippen molar-refractivity contribution in [2.24, 2.45) is 0 Å². The third kappa shape index (κ3) is 27.9. The number of rotatable bonds is 0. The molecule has 6 heavy (non-hydrogen) atoms. The van der Waals surface area contributed by atoms with Gasteiger partial charge in [-0.25, -0.2) is 0 Å². The summed E-state index contributed by atoms with van der Waals surface area (Å²) in [6, 6.07) is 0. The summed E-state index contributed by atoms with van der Waals surface area (Å²) in [6.07, 6.45) is 0. The van der Waals surface area contributed by atoms with Gasteiger partial charge in [-0.05, 0) is 0 Å². The normalized spacial score (nSPS) is 4.33. The molecule has 0 aliphatic heterocycles. The van der Waals surface area contributed by atoms with Gasteiger partial charge in [0.15, 0.2) is 0 Å². The predicted octanol–water partition coefficient (Wildman–Crippen LogP) is -1.39. The molecular formula is H4O3SrTiY. The van der Waals surface area contributed by atoms with Gasteiger partial charge >= 0.3 is 74.8 Å². The van der Waals surface area contributed by atoms with Gasteiger partial charge in [0, 0.05) is 32.7 Å². The van der Waals surface area contributed by atoms with Crippen molar-refractivity contribution in [1.29, 1.82) is 0 Å². The minimum absolute atomic E-state index is 0. The van der Waals surface area contributed by atoms with Crippen LogP contribution in [-0.4, -0.2) is 52.9 Å². The molecule has 0 aromatic heterocycles. The molecule has 0 rings (SSSR count). The minimum atomic E-state index is -3.58. The molecule has 2 N–H and O–H groups in total. The molecule has 6 heteroatoms. The first-order chi connectivity index (χ1) is 1.73. The Hall–Kier alpha value is 3.02. The Labute approximate surface area is 108 Å². The largest absolute Gasteiger partial charge is 2.00 e. The topological polar surface area (TPSA) is 57.5 Å². The van der Waals surface area contributed by atoms with Gasteiger partial charge in [0.05, 0.1) is 0 Å². The van der Waals surface area contributed by atoms with Crippen molar-refractivity contribution in [3.8, 4) is 0 Å². The molecule has 3 nitrogen and oxygen atoms in total. The molecule has 0 bridgehead atoms. The molecule has 0 heterocycles. The second-order valence-corrected chi connectivity index (χ2v) is 1.17. The molecule has 31 valence electrons. The van der Waals surface area contributed by atoms with Crippen molar-refractivity contribution in [3.05, 3.63) is 0 Å². The van der Waals surface area contributed by atoms with E-state index in [9.17, 15) is 0 Å². The van der Waals surface area contributed by atoms with Crippen molar-refractivity contribution in [2.45, 2.75) is 0 Å². The number of hydrogen-bond acceptors (Lipinski definition) is 1. The second-order valence-electron chi connectivity index (χ2n) is 0.283. The fourth-order valence-corrected chi connectivity index (χ4v) is 0. The van der Waals surface area contributed by atoms with E-state index in [2.05, 4.69) is 0 Å². The van der Waals surface area contributed by atoms with Gasteiger partial charge in [0.25, 0.3) is 0 Å². The third-order valence-electron chi connectivity index (χ3n) is 0. The van der Waals surface area contributed by atoms with E-state index in [0.717, 1.165) is 0 Å². The summed E-state index contributed by atoms with van der Waals surface area (Å²) in [5.41, 5.74) is 0. The van der Waals surface area contributed by atoms with E-state index in [0.29, 0.717) is 0 Å². The van der Waals surface area contributed by atoms with Gasteiger partial charge in [-0.3, -0.25) is 0 Å². The summed E-state index contributed by atoms with van der Waals surface area (Å²) >= 11 is -3.58. The molecule has 0 aromatic rings. The average molecular weight is 276 g/mol.